The zero-order valence-electron chi connectivity index (χ0n) is 19.0. The molecule has 2 aromatic carbocycles. The second kappa shape index (κ2) is 10.3. The first-order valence-corrected chi connectivity index (χ1v) is 11.3. The third-order valence-electron chi connectivity index (χ3n) is 6.10. The highest BCUT2D eigenvalue weighted by atomic mass is 16.5. The van der Waals surface area contributed by atoms with Gasteiger partial charge in [0, 0.05) is 55.6 Å². The maximum Gasteiger partial charge on any atom is 0.253 e. The summed E-state index contributed by atoms with van der Waals surface area (Å²) < 4.78 is 6.29. The molecular weight excluding hydrogens is 414 g/mol. The number of carbonyl (C=O) groups is 2. The number of hydrogen-bond donors (Lipinski definition) is 1. The number of hydrogen-bond acceptors (Lipinski definition) is 4. The second-order valence-corrected chi connectivity index (χ2v) is 8.45. The van der Waals surface area contributed by atoms with Gasteiger partial charge in [-0.1, -0.05) is 36.4 Å². The Hall–Kier alpha value is -3.67. The Labute approximate surface area is 194 Å². The lowest BCUT2D eigenvalue weighted by atomic mass is 10.0. The van der Waals surface area contributed by atoms with Crippen molar-refractivity contribution in [2.24, 2.45) is 0 Å². The molecule has 3 aromatic rings. The highest BCUT2D eigenvalue weighted by Gasteiger charge is 2.25. The van der Waals surface area contributed by atoms with Gasteiger partial charge < -0.3 is 15.0 Å². The van der Waals surface area contributed by atoms with Crippen molar-refractivity contribution in [3.63, 3.8) is 0 Å². The van der Waals surface area contributed by atoms with Crippen LogP contribution in [0.25, 0.3) is 0 Å². The van der Waals surface area contributed by atoms with Crippen molar-refractivity contribution in [1.29, 1.82) is 0 Å². The third kappa shape index (κ3) is 5.58. The summed E-state index contributed by atoms with van der Waals surface area (Å²) in [6.45, 7) is 5.19. The molecule has 0 aliphatic carbocycles. The molecule has 0 spiro atoms. The summed E-state index contributed by atoms with van der Waals surface area (Å²) in [7, 11) is 0. The van der Waals surface area contributed by atoms with Gasteiger partial charge >= 0.3 is 0 Å². The minimum atomic E-state index is -0.251. The van der Waals surface area contributed by atoms with Gasteiger partial charge in [0.25, 0.3) is 5.91 Å². The number of piperidine rings is 1. The number of anilines is 1. The van der Waals surface area contributed by atoms with E-state index in [4.69, 9.17) is 4.74 Å². The molecule has 1 aliphatic rings. The maximum absolute atomic E-state index is 12.7. The Kier molecular flexibility index (Phi) is 7.03. The Morgan fingerprint density at radius 2 is 1.73 bits per heavy atom. The zero-order chi connectivity index (χ0) is 23.2. The Balaban J connectivity index is 1.35. The van der Waals surface area contributed by atoms with E-state index in [1.807, 2.05) is 67.3 Å². The predicted octanol–water partition coefficient (Wildman–Crippen LogP) is 4.82. The van der Waals surface area contributed by atoms with Crippen LogP contribution in [0.3, 0.4) is 0 Å². The van der Waals surface area contributed by atoms with Crippen LogP contribution >= 0.6 is 0 Å². The summed E-state index contributed by atoms with van der Waals surface area (Å²) in [5.41, 5.74) is 3.37. The lowest BCUT2D eigenvalue weighted by molar-refractivity contribution is -0.117. The summed E-state index contributed by atoms with van der Waals surface area (Å²) in [6, 6.07) is 19.0. The van der Waals surface area contributed by atoms with Crippen molar-refractivity contribution in [2.75, 3.05) is 18.4 Å². The number of nitrogens with one attached hydrogen (secondary N) is 1. The van der Waals surface area contributed by atoms with Gasteiger partial charge in [0.15, 0.2) is 0 Å². The van der Waals surface area contributed by atoms with E-state index in [1.54, 1.807) is 24.5 Å². The first-order chi connectivity index (χ1) is 16.0. The van der Waals surface area contributed by atoms with E-state index < -0.39 is 0 Å². The number of likely N-dealkylation sites (tertiary alicyclic amines) is 1. The van der Waals surface area contributed by atoms with Crippen molar-refractivity contribution in [3.05, 3.63) is 89.7 Å². The largest absolute Gasteiger partial charge is 0.490 e. The molecule has 1 fully saturated rings. The van der Waals surface area contributed by atoms with Crippen molar-refractivity contribution in [1.82, 2.24) is 9.88 Å². The fourth-order valence-electron chi connectivity index (χ4n) is 3.98. The van der Waals surface area contributed by atoms with Gasteiger partial charge in [0.1, 0.15) is 11.9 Å². The number of rotatable bonds is 6. The van der Waals surface area contributed by atoms with Gasteiger partial charge in [-0.3, -0.25) is 14.6 Å². The molecule has 1 atom stereocenters. The maximum atomic E-state index is 12.7. The van der Waals surface area contributed by atoms with Gasteiger partial charge in [-0.2, -0.15) is 0 Å². The number of pyridine rings is 1. The third-order valence-corrected chi connectivity index (χ3v) is 6.10. The van der Waals surface area contributed by atoms with Crippen LogP contribution in [-0.2, 0) is 4.79 Å². The van der Waals surface area contributed by atoms with Gasteiger partial charge in [-0.15, -0.1) is 0 Å². The van der Waals surface area contributed by atoms with E-state index in [2.05, 4.69) is 10.3 Å². The van der Waals surface area contributed by atoms with Crippen LogP contribution in [0, 0.1) is 6.92 Å². The van der Waals surface area contributed by atoms with Crippen LogP contribution < -0.4 is 10.1 Å². The molecule has 0 saturated carbocycles. The van der Waals surface area contributed by atoms with Gasteiger partial charge in [0.2, 0.25) is 5.91 Å². The molecule has 2 heterocycles. The first kappa shape index (κ1) is 22.5. The lowest BCUT2D eigenvalue weighted by Gasteiger charge is -2.32. The highest BCUT2D eigenvalue weighted by molar-refractivity contribution is 5.96. The van der Waals surface area contributed by atoms with Gasteiger partial charge in [0.05, 0.1) is 5.92 Å². The molecule has 1 aromatic heterocycles. The van der Waals surface area contributed by atoms with E-state index in [0.717, 1.165) is 29.7 Å². The quantitative estimate of drug-likeness (QED) is 0.593. The molecule has 33 heavy (non-hydrogen) atoms. The molecule has 6 nitrogen and oxygen atoms in total. The Bertz CT molecular complexity index is 1090. The van der Waals surface area contributed by atoms with Crippen LogP contribution in [0.4, 0.5) is 5.69 Å². The molecule has 4 rings (SSSR count). The van der Waals surface area contributed by atoms with Gasteiger partial charge in [-0.25, -0.2) is 0 Å². The fourth-order valence-corrected chi connectivity index (χ4v) is 3.98. The van der Waals surface area contributed by atoms with Crippen molar-refractivity contribution >= 4 is 17.5 Å². The fraction of sp³-hybridized carbons (Fsp3) is 0.296. The number of benzene rings is 2. The Morgan fingerprint density at radius 1 is 1.03 bits per heavy atom. The second-order valence-electron chi connectivity index (χ2n) is 8.45. The van der Waals surface area contributed by atoms with Crippen LogP contribution in [0.1, 0.15) is 47.2 Å². The van der Waals surface area contributed by atoms with Crippen LogP contribution in [0.5, 0.6) is 5.75 Å². The summed E-state index contributed by atoms with van der Waals surface area (Å²) in [4.78, 5) is 31.2. The number of nitrogens with zero attached hydrogens (tertiary/aromatic N) is 2. The van der Waals surface area contributed by atoms with Gasteiger partial charge in [-0.05, 0) is 43.2 Å². The van der Waals surface area contributed by atoms with E-state index >= 15 is 0 Å². The summed E-state index contributed by atoms with van der Waals surface area (Å²) in [5, 5.41) is 3.01. The standard InChI is InChI=1S/C27H29N3O3/c1-19-8-9-23(29-26(31)20(2)21-6-4-3-5-7-21)18-25(19)33-24-12-16-30(17-13-24)27(32)22-10-14-28-15-11-22/h3-11,14-15,18,20,24H,12-13,16-17H2,1-2H3,(H,29,31)/t20-/m1/s1. The summed E-state index contributed by atoms with van der Waals surface area (Å²) >= 11 is 0. The minimum absolute atomic E-state index is 0.0272. The number of ether oxygens (including phenoxy) is 1. The van der Waals surface area contributed by atoms with Crippen LogP contribution in [0.15, 0.2) is 73.1 Å². The molecule has 0 radical (unpaired) electrons. The van der Waals surface area contributed by atoms with E-state index in [9.17, 15) is 9.59 Å². The molecule has 1 saturated heterocycles. The lowest BCUT2D eigenvalue weighted by Crippen LogP contribution is -2.41. The molecule has 1 N–H and O–H groups in total. The molecule has 0 bridgehead atoms. The smallest absolute Gasteiger partial charge is 0.253 e. The van der Waals surface area contributed by atoms with Crippen molar-refractivity contribution < 1.29 is 14.3 Å². The molecule has 2 amide bonds. The molecule has 1 aliphatic heterocycles. The monoisotopic (exact) mass is 443 g/mol. The van der Waals surface area contributed by atoms with Crippen molar-refractivity contribution in [3.8, 4) is 5.75 Å². The van der Waals surface area contributed by atoms with Crippen LogP contribution in [0.2, 0.25) is 0 Å². The van der Waals surface area contributed by atoms with E-state index in [-0.39, 0.29) is 23.8 Å². The van der Waals surface area contributed by atoms with Crippen molar-refractivity contribution in [2.45, 2.75) is 38.7 Å². The number of aryl methyl sites for hydroxylation is 1. The number of amides is 2. The highest BCUT2D eigenvalue weighted by Crippen LogP contribution is 2.27. The predicted molar refractivity (Wildman–Crippen MR) is 128 cm³/mol. The normalized spacial score (nSPS) is 15.0. The molecule has 0 unspecified atom stereocenters. The molecule has 170 valence electrons. The first-order valence-electron chi connectivity index (χ1n) is 11.3. The summed E-state index contributed by atoms with van der Waals surface area (Å²) in [6.07, 6.45) is 4.83. The average Bonchev–Trinajstić information content (AvgIpc) is 2.86. The van der Waals surface area contributed by atoms with Crippen LogP contribution in [-0.4, -0.2) is 40.9 Å². The topological polar surface area (TPSA) is 71.5 Å². The average molecular weight is 444 g/mol. The van der Waals surface area contributed by atoms with E-state index in [0.29, 0.717) is 24.3 Å². The Morgan fingerprint density at radius 3 is 2.42 bits per heavy atom. The number of carbonyl (C=O) groups excluding carboxylic acids is 2. The minimum Gasteiger partial charge on any atom is -0.490 e. The summed E-state index contributed by atoms with van der Waals surface area (Å²) in [5.74, 6) is 0.487. The SMILES string of the molecule is Cc1ccc(NC(=O)[C@H](C)c2ccccc2)cc1OC1CCN(C(=O)c2ccncc2)CC1. The van der Waals surface area contributed by atoms with E-state index in [1.165, 1.54) is 0 Å². The zero-order valence-corrected chi connectivity index (χ0v) is 19.0. The molecular formula is C27H29N3O3. The molecule has 6 heteroatoms. The number of aromatic nitrogens is 1.